The number of ether oxygens (including phenoxy) is 1. The first kappa shape index (κ1) is 10.8. The molecule has 1 saturated heterocycles. The molecule has 0 bridgehead atoms. The van der Waals surface area contributed by atoms with Crippen molar-refractivity contribution in [1.29, 1.82) is 0 Å². The average molecular weight is 197 g/mol. The number of amides is 1. The molecule has 0 aromatic heterocycles. The Morgan fingerprint density at radius 3 is 3.00 bits per heavy atom. The summed E-state index contributed by atoms with van der Waals surface area (Å²) in [7, 11) is 0. The van der Waals surface area contributed by atoms with E-state index in [0.717, 1.165) is 0 Å². The number of hydrogen-bond donors (Lipinski definition) is 0. The number of allylic oxidation sites excluding steroid dienone is 1. The van der Waals surface area contributed by atoms with Crippen LogP contribution < -0.4 is 0 Å². The van der Waals surface area contributed by atoms with Crippen LogP contribution in [-0.4, -0.2) is 29.5 Å². The monoisotopic (exact) mass is 197 g/mol. The first-order valence-corrected chi connectivity index (χ1v) is 4.73. The van der Waals surface area contributed by atoms with E-state index in [1.807, 2.05) is 19.1 Å². The molecule has 0 saturated carbocycles. The third kappa shape index (κ3) is 2.58. The van der Waals surface area contributed by atoms with Gasteiger partial charge in [0.05, 0.1) is 0 Å². The summed E-state index contributed by atoms with van der Waals surface area (Å²) >= 11 is 0. The molecule has 0 radical (unpaired) electrons. The molecule has 1 amide bonds. The molecule has 1 aliphatic rings. The molecule has 0 spiro atoms. The smallest absolute Gasteiger partial charge is 0.304 e. The van der Waals surface area contributed by atoms with Crippen molar-refractivity contribution in [2.45, 2.75) is 32.9 Å². The predicted octanol–water partition coefficient (Wildman–Crippen LogP) is 1.07. The lowest BCUT2D eigenvalue weighted by atomic mass is 10.3. The average Bonchev–Trinajstić information content (AvgIpc) is 2.44. The van der Waals surface area contributed by atoms with Crippen LogP contribution in [0.2, 0.25) is 0 Å². The zero-order valence-corrected chi connectivity index (χ0v) is 8.53. The van der Waals surface area contributed by atoms with Crippen LogP contribution in [0.1, 0.15) is 26.7 Å². The molecule has 14 heavy (non-hydrogen) atoms. The largest absolute Gasteiger partial charge is 0.442 e. The van der Waals surface area contributed by atoms with Gasteiger partial charge in [0.25, 0.3) is 0 Å². The van der Waals surface area contributed by atoms with Crippen molar-refractivity contribution in [3.8, 4) is 0 Å². The van der Waals surface area contributed by atoms with Gasteiger partial charge in [0.15, 0.2) is 6.23 Å². The van der Waals surface area contributed by atoms with Crippen molar-refractivity contribution in [2.75, 3.05) is 6.54 Å². The maximum Gasteiger partial charge on any atom is 0.304 e. The number of likely N-dealkylation sites (tertiary alicyclic amines) is 1. The highest BCUT2D eigenvalue weighted by Crippen LogP contribution is 2.19. The third-order valence-corrected chi connectivity index (χ3v) is 2.11. The molecule has 0 aliphatic carbocycles. The Hall–Kier alpha value is -1.32. The highest BCUT2D eigenvalue weighted by atomic mass is 16.6. The number of nitrogens with zero attached hydrogens (tertiary/aromatic N) is 1. The first-order valence-electron chi connectivity index (χ1n) is 4.73. The Morgan fingerprint density at radius 1 is 1.71 bits per heavy atom. The SMILES string of the molecule is CC=CCN1C(=O)CCC1OC(C)=O. The van der Waals surface area contributed by atoms with E-state index in [9.17, 15) is 9.59 Å². The minimum atomic E-state index is -0.365. The van der Waals surface area contributed by atoms with Gasteiger partial charge in [-0.25, -0.2) is 0 Å². The molecule has 4 heteroatoms. The number of esters is 1. The Bertz CT molecular complexity index is 260. The van der Waals surface area contributed by atoms with E-state index < -0.39 is 0 Å². The van der Waals surface area contributed by atoms with Gasteiger partial charge >= 0.3 is 5.97 Å². The van der Waals surface area contributed by atoms with Gasteiger partial charge < -0.3 is 9.64 Å². The second kappa shape index (κ2) is 4.79. The van der Waals surface area contributed by atoms with Crippen molar-refractivity contribution >= 4 is 11.9 Å². The normalized spacial score (nSPS) is 22.0. The van der Waals surface area contributed by atoms with Crippen LogP contribution in [0, 0.1) is 0 Å². The summed E-state index contributed by atoms with van der Waals surface area (Å²) < 4.78 is 5.02. The van der Waals surface area contributed by atoms with Gasteiger partial charge in [0.1, 0.15) is 0 Å². The molecular weight excluding hydrogens is 182 g/mol. The van der Waals surface area contributed by atoms with E-state index in [1.54, 1.807) is 4.90 Å². The molecule has 1 fully saturated rings. The van der Waals surface area contributed by atoms with Gasteiger partial charge in [-0.3, -0.25) is 9.59 Å². The number of rotatable bonds is 3. The van der Waals surface area contributed by atoms with Crippen LogP contribution in [0.3, 0.4) is 0 Å². The number of hydrogen-bond acceptors (Lipinski definition) is 3. The van der Waals surface area contributed by atoms with Gasteiger partial charge in [0, 0.05) is 26.3 Å². The minimum absolute atomic E-state index is 0.0503. The highest BCUT2D eigenvalue weighted by Gasteiger charge is 2.31. The van der Waals surface area contributed by atoms with Crippen LogP contribution in [0.15, 0.2) is 12.2 Å². The van der Waals surface area contributed by atoms with Gasteiger partial charge in [-0.2, -0.15) is 0 Å². The second-order valence-electron chi connectivity index (χ2n) is 3.22. The van der Waals surface area contributed by atoms with E-state index in [-0.39, 0.29) is 18.1 Å². The van der Waals surface area contributed by atoms with E-state index in [1.165, 1.54) is 6.92 Å². The zero-order valence-electron chi connectivity index (χ0n) is 8.53. The molecule has 1 heterocycles. The topological polar surface area (TPSA) is 46.6 Å². The summed E-state index contributed by atoms with van der Waals surface area (Å²) in [4.78, 5) is 23.7. The van der Waals surface area contributed by atoms with Crippen LogP contribution in [0.4, 0.5) is 0 Å². The fourth-order valence-electron chi connectivity index (χ4n) is 1.46. The van der Waals surface area contributed by atoms with Crippen LogP contribution in [-0.2, 0) is 14.3 Å². The Morgan fingerprint density at radius 2 is 2.43 bits per heavy atom. The molecule has 0 aromatic carbocycles. The standard InChI is InChI=1S/C10H15NO3/c1-3-4-7-11-9(13)5-6-10(11)14-8(2)12/h3-4,10H,5-7H2,1-2H3. The lowest BCUT2D eigenvalue weighted by Gasteiger charge is -2.22. The van der Waals surface area contributed by atoms with E-state index in [2.05, 4.69) is 0 Å². The van der Waals surface area contributed by atoms with Crippen molar-refractivity contribution in [3.63, 3.8) is 0 Å². The summed E-state index contributed by atoms with van der Waals surface area (Å²) in [5, 5.41) is 0. The Kier molecular flexibility index (Phi) is 3.68. The number of carbonyl (C=O) groups excluding carboxylic acids is 2. The lowest BCUT2D eigenvalue weighted by Crippen LogP contribution is -2.35. The maximum atomic E-state index is 11.4. The van der Waals surface area contributed by atoms with E-state index >= 15 is 0 Å². The summed E-state index contributed by atoms with van der Waals surface area (Å²) in [5.41, 5.74) is 0. The fourth-order valence-corrected chi connectivity index (χ4v) is 1.46. The van der Waals surface area contributed by atoms with E-state index in [0.29, 0.717) is 19.4 Å². The van der Waals surface area contributed by atoms with Crippen molar-refractivity contribution in [3.05, 3.63) is 12.2 Å². The molecule has 1 unspecified atom stereocenters. The van der Waals surface area contributed by atoms with Gasteiger partial charge in [0.2, 0.25) is 5.91 Å². The highest BCUT2D eigenvalue weighted by molar-refractivity contribution is 5.79. The molecule has 1 rings (SSSR count). The van der Waals surface area contributed by atoms with Crippen LogP contribution in [0.5, 0.6) is 0 Å². The minimum Gasteiger partial charge on any atom is -0.442 e. The van der Waals surface area contributed by atoms with Crippen molar-refractivity contribution in [2.24, 2.45) is 0 Å². The summed E-state index contributed by atoms with van der Waals surface area (Å²) in [6.07, 6.45) is 4.46. The van der Waals surface area contributed by atoms with Gasteiger partial charge in [-0.1, -0.05) is 12.2 Å². The first-order chi connectivity index (χ1) is 6.65. The van der Waals surface area contributed by atoms with Crippen LogP contribution in [0.25, 0.3) is 0 Å². The predicted molar refractivity (Wildman–Crippen MR) is 51.3 cm³/mol. The Balaban J connectivity index is 2.56. The quantitative estimate of drug-likeness (QED) is 0.502. The second-order valence-corrected chi connectivity index (χ2v) is 3.22. The molecule has 0 aromatic rings. The fraction of sp³-hybridized carbons (Fsp3) is 0.600. The summed E-state index contributed by atoms with van der Waals surface area (Å²) in [6, 6.07) is 0. The van der Waals surface area contributed by atoms with Crippen molar-refractivity contribution in [1.82, 2.24) is 4.90 Å². The lowest BCUT2D eigenvalue weighted by molar-refractivity contribution is -0.156. The molecular formula is C10H15NO3. The van der Waals surface area contributed by atoms with E-state index in [4.69, 9.17) is 4.74 Å². The van der Waals surface area contributed by atoms with Gasteiger partial charge in [-0.15, -0.1) is 0 Å². The Labute approximate surface area is 83.5 Å². The molecule has 1 aliphatic heterocycles. The summed E-state index contributed by atoms with van der Waals surface area (Å²) in [5.74, 6) is -0.287. The number of carbonyl (C=O) groups is 2. The zero-order chi connectivity index (χ0) is 10.6. The molecule has 78 valence electrons. The van der Waals surface area contributed by atoms with Crippen molar-refractivity contribution < 1.29 is 14.3 Å². The third-order valence-electron chi connectivity index (χ3n) is 2.11. The molecule has 1 atom stereocenters. The maximum absolute atomic E-state index is 11.4. The van der Waals surface area contributed by atoms with Gasteiger partial charge in [-0.05, 0) is 6.92 Å². The molecule has 4 nitrogen and oxygen atoms in total. The van der Waals surface area contributed by atoms with Crippen LogP contribution >= 0.6 is 0 Å². The molecule has 0 N–H and O–H groups in total. The summed E-state index contributed by atoms with van der Waals surface area (Å²) in [6.45, 7) is 3.77.